The number of aromatic amines is 2. The number of rotatable bonds is 9. The van der Waals surface area contributed by atoms with Gasteiger partial charge in [-0.05, 0) is 48.2 Å². The zero-order chi connectivity index (χ0) is 23.4. The van der Waals surface area contributed by atoms with Crippen LogP contribution >= 0.6 is 0 Å². The zero-order valence-electron chi connectivity index (χ0n) is 19.5. The molecule has 3 rings (SSSR count). The molecule has 32 heavy (non-hydrogen) atoms. The summed E-state index contributed by atoms with van der Waals surface area (Å²) in [7, 11) is 3.96. The van der Waals surface area contributed by atoms with Crippen LogP contribution < -0.4 is 10.1 Å². The fraction of sp³-hybridized carbons (Fsp3) is 0.500. The van der Waals surface area contributed by atoms with Crippen LogP contribution in [0.2, 0.25) is 0 Å². The summed E-state index contributed by atoms with van der Waals surface area (Å²) in [5, 5.41) is 9.80. The highest BCUT2D eigenvalue weighted by Gasteiger charge is 2.22. The van der Waals surface area contributed by atoms with E-state index in [0.717, 1.165) is 13.0 Å². The number of imidazole rings is 1. The average molecular weight is 446 g/mol. The van der Waals surface area contributed by atoms with E-state index in [1.807, 2.05) is 46.7 Å². The Labute approximate surface area is 187 Å². The molecular formula is C22H32FN7O2. The van der Waals surface area contributed by atoms with Crippen LogP contribution in [0.15, 0.2) is 18.3 Å². The molecule has 10 heteroatoms. The molecule has 174 valence electrons. The van der Waals surface area contributed by atoms with Crippen LogP contribution in [0.25, 0.3) is 22.6 Å². The maximum Gasteiger partial charge on any atom is 0.322 e. The normalized spacial score (nSPS) is 11.7. The number of H-pyrrole nitrogens is 2. The minimum Gasteiger partial charge on any atom is -0.490 e. The molecule has 0 atom stereocenters. The Kier molecular flexibility index (Phi) is 7.34. The number of carbonyl (C=O) groups excluding carboxylic acids is 1. The summed E-state index contributed by atoms with van der Waals surface area (Å²) in [6.07, 6.45) is 2.32. The summed E-state index contributed by atoms with van der Waals surface area (Å²) in [5.74, 6) is 0.148. The Bertz CT molecular complexity index is 1050. The second-order valence-corrected chi connectivity index (χ2v) is 8.57. The first-order valence-electron chi connectivity index (χ1n) is 10.8. The van der Waals surface area contributed by atoms with Gasteiger partial charge in [-0.3, -0.25) is 5.10 Å². The minimum absolute atomic E-state index is 0.0377. The van der Waals surface area contributed by atoms with Gasteiger partial charge in [0.15, 0.2) is 17.4 Å². The van der Waals surface area contributed by atoms with Crippen LogP contribution in [0.5, 0.6) is 5.75 Å². The minimum atomic E-state index is -0.458. The Morgan fingerprint density at radius 1 is 1.22 bits per heavy atom. The van der Waals surface area contributed by atoms with E-state index >= 15 is 0 Å². The lowest BCUT2D eigenvalue weighted by Crippen LogP contribution is -2.44. The Hall–Kier alpha value is -3.14. The summed E-state index contributed by atoms with van der Waals surface area (Å²) >= 11 is 0. The maximum absolute atomic E-state index is 14.5. The summed E-state index contributed by atoms with van der Waals surface area (Å²) < 4.78 is 20.1. The van der Waals surface area contributed by atoms with Gasteiger partial charge in [-0.1, -0.05) is 0 Å². The monoisotopic (exact) mass is 445 g/mol. The van der Waals surface area contributed by atoms with E-state index in [0.29, 0.717) is 34.8 Å². The molecule has 0 aliphatic rings. The van der Waals surface area contributed by atoms with E-state index in [9.17, 15) is 9.18 Å². The van der Waals surface area contributed by atoms with Gasteiger partial charge >= 0.3 is 6.03 Å². The number of aromatic nitrogens is 4. The van der Waals surface area contributed by atoms with Gasteiger partial charge in [-0.25, -0.2) is 14.2 Å². The van der Waals surface area contributed by atoms with Gasteiger partial charge in [0.25, 0.3) is 0 Å². The van der Waals surface area contributed by atoms with Gasteiger partial charge in [0.2, 0.25) is 0 Å². The van der Waals surface area contributed by atoms with Gasteiger partial charge in [0, 0.05) is 30.8 Å². The fourth-order valence-corrected chi connectivity index (χ4v) is 3.61. The van der Waals surface area contributed by atoms with Crippen LogP contribution in [0.1, 0.15) is 34.1 Å². The summed E-state index contributed by atoms with van der Waals surface area (Å²) in [6.45, 7) is 9.12. The number of halogens is 1. The lowest BCUT2D eigenvalue weighted by molar-refractivity contribution is 0.178. The number of hydrogen-bond donors (Lipinski definition) is 3. The molecule has 9 nitrogen and oxygen atoms in total. The van der Waals surface area contributed by atoms with Crippen molar-refractivity contribution in [1.82, 2.24) is 30.0 Å². The molecule has 0 saturated carbocycles. The van der Waals surface area contributed by atoms with Crippen LogP contribution in [-0.2, 0) is 0 Å². The van der Waals surface area contributed by atoms with E-state index in [2.05, 4.69) is 25.5 Å². The van der Waals surface area contributed by atoms with Crippen molar-refractivity contribution in [3.8, 4) is 17.3 Å². The van der Waals surface area contributed by atoms with Crippen molar-refractivity contribution in [2.24, 2.45) is 0 Å². The molecule has 2 heterocycles. The second kappa shape index (κ2) is 9.99. The summed E-state index contributed by atoms with van der Waals surface area (Å²) in [4.78, 5) is 24.2. The van der Waals surface area contributed by atoms with Crippen molar-refractivity contribution in [3.63, 3.8) is 0 Å². The number of amides is 2. The number of nitrogens with zero attached hydrogens (tertiary/aromatic N) is 4. The molecule has 3 aromatic rings. The first kappa shape index (κ1) is 23.5. The van der Waals surface area contributed by atoms with Crippen molar-refractivity contribution in [2.75, 3.05) is 32.6 Å². The number of benzene rings is 1. The van der Waals surface area contributed by atoms with Crippen molar-refractivity contribution in [1.29, 1.82) is 0 Å². The molecule has 0 bridgehead atoms. The topological polar surface area (TPSA) is 102 Å². The van der Waals surface area contributed by atoms with E-state index < -0.39 is 5.82 Å². The van der Waals surface area contributed by atoms with Gasteiger partial charge in [0.05, 0.1) is 29.5 Å². The molecule has 2 amide bonds. The van der Waals surface area contributed by atoms with Crippen molar-refractivity contribution < 1.29 is 13.9 Å². The van der Waals surface area contributed by atoms with Crippen LogP contribution in [-0.4, -0.2) is 75.3 Å². The third kappa shape index (κ3) is 5.37. The predicted octanol–water partition coefficient (Wildman–Crippen LogP) is 4.07. The second-order valence-electron chi connectivity index (χ2n) is 8.57. The summed E-state index contributed by atoms with van der Waals surface area (Å²) in [5.41, 5.74) is 2.08. The highest BCUT2D eigenvalue weighted by Crippen LogP contribution is 2.29. The molecule has 0 unspecified atom stereocenters. The number of fused-ring (bicyclic) bond motifs is 1. The first-order chi connectivity index (χ1) is 15.2. The number of urea groups is 1. The molecule has 1 aromatic carbocycles. The molecule has 0 spiro atoms. The number of hydrogen-bond acceptors (Lipinski definition) is 5. The maximum atomic E-state index is 14.5. The average Bonchev–Trinajstić information content (AvgIpc) is 3.30. The molecule has 0 saturated heterocycles. The summed E-state index contributed by atoms with van der Waals surface area (Å²) in [6, 6.07) is 2.79. The zero-order valence-corrected chi connectivity index (χ0v) is 19.5. The third-order valence-electron chi connectivity index (χ3n) is 5.01. The van der Waals surface area contributed by atoms with Crippen molar-refractivity contribution in [3.05, 3.63) is 24.1 Å². The Morgan fingerprint density at radius 3 is 2.59 bits per heavy atom. The predicted molar refractivity (Wildman–Crippen MR) is 123 cm³/mol. The highest BCUT2D eigenvalue weighted by molar-refractivity contribution is 5.93. The smallest absolute Gasteiger partial charge is 0.322 e. The fourth-order valence-electron chi connectivity index (χ4n) is 3.61. The van der Waals surface area contributed by atoms with Crippen LogP contribution in [0.3, 0.4) is 0 Å². The van der Waals surface area contributed by atoms with Gasteiger partial charge in [0.1, 0.15) is 5.69 Å². The number of carbonyl (C=O) groups is 1. The molecule has 0 fully saturated rings. The lowest BCUT2D eigenvalue weighted by Gasteiger charge is -2.30. The van der Waals surface area contributed by atoms with Crippen LogP contribution in [0.4, 0.5) is 14.9 Å². The molecule has 3 N–H and O–H groups in total. The lowest BCUT2D eigenvalue weighted by atomic mass is 10.2. The molecule has 2 aromatic heterocycles. The van der Waals surface area contributed by atoms with E-state index in [4.69, 9.17) is 4.74 Å². The molecule has 0 aliphatic heterocycles. The number of ether oxygens (including phenoxy) is 1. The first-order valence-corrected chi connectivity index (χ1v) is 10.8. The van der Waals surface area contributed by atoms with Crippen LogP contribution in [0, 0.1) is 5.82 Å². The largest absolute Gasteiger partial charge is 0.490 e. The highest BCUT2D eigenvalue weighted by atomic mass is 19.1. The van der Waals surface area contributed by atoms with E-state index in [1.54, 1.807) is 11.0 Å². The quantitative estimate of drug-likeness (QED) is 0.431. The molecular weight excluding hydrogens is 413 g/mol. The molecule has 0 aliphatic carbocycles. The standard InChI is InChI=1S/C22H32FN7O2/c1-13(2)30(14(3)4)22(31)27-18-12-24-28-20(18)21-25-16-10-15(23)19(11-17(16)26-21)32-9-7-8-29(5)6/h10-14H,7-9H2,1-6H3,(H,24,28)(H,25,26)(H,27,31). The van der Waals surface area contributed by atoms with E-state index in [-0.39, 0.29) is 23.9 Å². The van der Waals surface area contributed by atoms with Crippen molar-refractivity contribution >= 4 is 22.8 Å². The SMILES string of the molecule is CC(C)N(C(=O)Nc1cn[nH]c1-c1nc2cc(OCCCN(C)C)c(F)cc2[nH]1)C(C)C. The van der Waals surface area contributed by atoms with E-state index in [1.165, 1.54) is 12.3 Å². The Balaban J connectivity index is 1.81. The number of anilines is 1. The van der Waals surface area contributed by atoms with Crippen molar-refractivity contribution in [2.45, 2.75) is 46.2 Å². The van der Waals surface area contributed by atoms with Gasteiger partial charge in [-0.2, -0.15) is 5.10 Å². The van der Waals surface area contributed by atoms with Gasteiger partial charge < -0.3 is 24.8 Å². The number of nitrogens with one attached hydrogen (secondary N) is 3. The Morgan fingerprint density at radius 2 is 1.94 bits per heavy atom. The molecule has 0 radical (unpaired) electrons. The third-order valence-corrected chi connectivity index (χ3v) is 5.01. The van der Waals surface area contributed by atoms with Gasteiger partial charge in [-0.15, -0.1) is 0 Å².